The smallest absolute Gasteiger partial charge is 0.133 e. The van der Waals surface area contributed by atoms with Gasteiger partial charge < -0.3 is 10.1 Å². The van der Waals surface area contributed by atoms with Crippen LogP contribution in [-0.4, -0.2) is 13.7 Å². The van der Waals surface area contributed by atoms with E-state index in [0.29, 0.717) is 0 Å². The van der Waals surface area contributed by atoms with Crippen LogP contribution in [0.1, 0.15) is 29.0 Å². The molecule has 2 aromatic rings. The number of rotatable bonds is 6. The van der Waals surface area contributed by atoms with Crippen LogP contribution < -0.4 is 10.1 Å². The van der Waals surface area contributed by atoms with Gasteiger partial charge in [0.15, 0.2) is 0 Å². The molecular formula is C16H19BrClNOS. The average Bonchev–Trinajstić information content (AvgIpc) is 2.79. The van der Waals surface area contributed by atoms with E-state index in [-0.39, 0.29) is 6.04 Å². The second kappa shape index (κ2) is 7.63. The molecule has 0 fully saturated rings. The molecular weight excluding hydrogens is 370 g/mol. The highest BCUT2D eigenvalue weighted by Crippen LogP contribution is 2.35. The fourth-order valence-corrected chi connectivity index (χ4v) is 4.25. The molecule has 1 aromatic carbocycles. The fourth-order valence-electron chi connectivity index (χ4n) is 2.26. The first kappa shape index (κ1) is 16.8. The minimum absolute atomic E-state index is 0.237. The summed E-state index contributed by atoms with van der Waals surface area (Å²) in [6, 6.07) is 6.44. The number of halogens is 2. The van der Waals surface area contributed by atoms with Gasteiger partial charge in [-0.1, -0.05) is 24.6 Å². The summed E-state index contributed by atoms with van der Waals surface area (Å²) in [7, 11) is 1.68. The summed E-state index contributed by atoms with van der Waals surface area (Å²) in [5.74, 6) is 0.851. The van der Waals surface area contributed by atoms with Crippen molar-refractivity contribution in [2.24, 2.45) is 0 Å². The van der Waals surface area contributed by atoms with Crippen molar-refractivity contribution in [3.05, 3.63) is 49.1 Å². The van der Waals surface area contributed by atoms with E-state index >= 15 is 0 Å². The first-order chi connectivity index (χ1) is 10.1. The highest BCUT2D eigenvalue weighted by atomic mass is 79.9. The predicted octanol–water partition coefficient (Wildman–Crippen LogP) is 5.37. The third-order valence-corrected chi connectivity index (χ3v) is 5.80. The number of thiophene rings is 1. The summed E-state index contributed by atoms with van der Waals surface area (Å²) in [6.07, 6.45) is 0.899. The molecule has 0 spiro atoms. The molecule has 2 rings (SSSR count). The van der Waals surface area contributed by atoms with Gasteiger partial charge in [0.2, 0.25) is 0 Å². The van der Waals surface area contributed by atoms with Gasteiger partial charge in [-0.05, 0) is 64.5 Å². The molecule has 1 unspecified atom stereocenters. The number of methoxy groups -OCH3 is 1. The Balaban J connectivity index is 2.24. The molecule has 1 N–H and O–H groups in total. The van der Waals surface area contributed by atoms with Crippen molar-refractivity contribution in [1.29, 1.82) is 0 Å². The van der Waals surface area contributed by atoms with Crippen molar-refractivity contribution >= 4 is 38.9 Å². The SMILES string of the molecule is CCNC(Cc1ccc(OC)c(Br)c1)c1scc(C)c1Cl. The molecule has 5 heteroatoms. The first-order valence-corrected chi connectivity index (χ1v) is 8.91. The van der Waals surface area contributed by atoms with Crippen LogP contribution in [0.15, 0.2) is 28.1 Å². The summed E-state index contributed by atoms with van der Waals surface area (Å²) in [6.45, 7) is 5.08. The molecule has 0 bridgehead atoms. The van der Waals surface area contributed by atoms with Crippen LogP contribution >= 0.6 is 38.9 Å². The van der Waals surface area contributed by atoms with E-state index in [4.69, 9.17) is 16.3 Å². The Morgan fingerprint density at radius 2 is 2.19 bits per heavy atom. The highest BCUT2D eigenvalue weighted by Gasteiger charge is 2.18. The molecule has 0 saturated carbocycles. The van der Waals surface area contributed by atoms with Crippen molar-refractivity contribution < 1.29 is 4.74 Å². The van der Waals surface area contributed by atoms with Gasteiger partial charge in [0.25, 0.3) is 0 Å². The van der Waals surface area contributed by atoms with Crippen LogP contribution in [0.25, 0.3) is 0 Å². The zero-order valence-corrected chi connectivity index (χ0v) is 15.5. The lowest BCUT2D eigenvalue weighted by atomic mass is 10.0. The maximum Gasteiger partial charge on any atom is 0.133 e. The summed E-state index contributed by atoms with van der Waals surface area (Å²) in [4.78, 5) is 1.21. The van der Waals surface area contributed by atoms with Crippen molar-refractivity contribution in [1.82, 2.24) is 5.32 Å². The monoisotopic (exact) mass is 387 g/mol. The Labute approximate surface area is 143 Å². The summed E-state index contributed by atoms with van der Waals surface area (Å²) >= 11 is 11.7. The maximum absolute atomic E-state index is 6.43. The van der Waals surface area contributed by atoms with E-state index < -0.39 is 0 Å². The molecule has 1 atom stereocenters. The Morgan fingerprint density at radius 1 is 1.43 bits per heavy atom. The molecule has 0 radical (unpaired) electrons. The molecule has 0 aliphatic heterocycles. The topological polar surface area (TPSA) is 21.3 Å². The Kier molecular flexibility index (Phi) is 6.11. The van der Waals surface area contributed by atoms with E-state index in [1.807, 2.05) is 6.07 Å². The molecule has 114 valence electrons. The fraction of sp³-hybridized carbons (Fsp3) is 0.375. The standard InChI is InChI=1S/C16H19BrClNOS/c1-4-19-13(16-15(18)10(2)9-21-16)8-11-5-6-14(20-3)12(17)7-11/h5-7,9,13,19H,4,8H2,1-3H3. The van der Waals surface area contributed by atoms with Gasteiger partial charge in [-0.3, -0.25) is 0 Å². The second-order valence-corrected chi connectivity index (χ2v) is 7.02. The van der Waals surface area contributed by atoms with Crippen LogP contribution in [0.4, 0.5) is 0 Å². The molecule has 1 aromatic heterocycles. The molecule has 2 nitrogen and oxygen atoms in total. The lowest BCUT2D eigenvalue weighted by Gasteiger charge is -2.18. The van der Waals surface area contributed by atoms with Crippen LogP contribution in [0.5, 0.6) is 5.75 Å². The normalized spacial score (nSPS) is 12.4. The number of likely N-dealkylation sites (N-methyl/N-ethyl adjacent to an activating group) is 1. The number of ether oxygens (including phenoxy) is 1. The third kappa shape index (κ3) is 4.01. The van der Waals surface area contributed by atoms with Gasteiger partial charge >= 0.3 is 0 Å². The number of benzene rings is 1. The second-order valence-electron chi connectivity index (χ2n) is 4.88. The Morgan fingerprint density at radius 3 is 2.71 bits per heavy atom. The van der Waals surface area contributed by atoms with Gasteiger partial charge in [-0.25, -0.2) is 0 Å². The molecule has 0 amide bonds. The van der Waals surface area contributed by atoms with E-state index in [1.54, 1.807) is 18.4 Å². The summed E-state index contributed by atoms with van der Waals surface area (Å²) in [5, 5.41) is 6.53. The lowest BCUT2D eigenvalue weighted by molar-refractivity contribution is 0.412. The summed E-state index contributed by atoms with van der Waals surface area (Å²) < 4.78 is 6.26. The minimum atomic E-state index is 0.237. The quantitative estimate of drug-likeness (QED) is 0.718. The molecule has 0 saturated heterocycles. The van der Waals surface area contributed by atoms with E-state index in [9.17, 15) is 0 Å². The summed E-state index contributed by atoms with van der Waals surface area (Å²) in [5.41, 5.74) is 2.39. The number of nitrogens with one attached hydrogen (secondary N) is 1. The number of aryl methyl sites for hydroxylation is 1. The first-order valence-electron chi connectivity index (χ1n) is 6.86. The van der Waals surface area contributed by atoms with Crippen LogP contribution in [0, 0.1) is 6.92 Å². The van der Waals surface area contributed by atoms with Gasteiger partial charge in [0.1, 0.15) is 5.75 Å². The third-order valence-electron chi connectivity index (χ3n) is 3.35. The van der Waals surface area contributed by atoms with Crippen molar-refractivity contribution in [2.45, 2.75) is 26.3 Å². The minimum Gasteiger partial charge on any atom is -0.496 e. The average molecular weight is 389 g/mol. The van der Waals surface area contributed by atoms with Gasteiger partial charge in [-0.2, -0.15) is 0 Å². The van der Waals surface area contributed by atoms with Gasteiger partial charge in [0, 0.05) is 10.9 Å². The zero-order valence-electron chi connectivity index (χ0n) is 12.4. The Bertz CT molecular complexity index is 614. The largest absolute Gasteiger partial charge is 0.496 e. The number of hydrogen-bond acceptors (Lipinski definition) is 3. The number of hydrogen-bond donors (Lipinski definition) is 1. The van der Waals surface area contributed by atoms with Gasteiger partial charge in [-0.15, -0.1) is 11.3 Å². The van der Waals surface area contributed by atoms with E-state index in [2.05, 4.69) is 52.6 Å². The van der Waals surface area contributed by atoms with Crippen molar-refractivity contribution in [3.8, 4) is 5.75 Å². The van der Waals surface area contributed by atoms with Crippen LogP contribution in [0.2, 0.25) is 5.02 Å². The predicted molar refractivity (Wildman–Crippen MR) is 94.9 cm³/mol. The molecule has 1 heterocycles. The van der Waals surface area contributed by atoms with Crippen LogP contribution in [-0.2, 0) is 6.42 Å². The van der Waals surface area contributed by atoms with Gasteiger partial charge in [0.05, 0.1) is 16.6 Å². The molecule has 21 heavy (non-hydrogen) atoms. The molecule has 0 aliphatic rings. The van der Waals surface area contributed by atoms with Crippen LogP contribution in [0.3, 0.4) is 0 Å². The maximum atomic E-state index is 6.43. The molecule has 0 aliphatic carbocycles. The van der Waals surface area contributed by atoms with Crippen molar-refractivity contribution in [3.63, 3.8) is 0 Å². The lowest BCUT2D eigenvalue weighted by Crippen LogP contribution is -2.22. The van der Waals surface area contributed by atoms with Crippen molar-refractivity contribution in [2.75, 3.05) is 13.7 Å². The Hall–Kier alpha value is -0.550. The van der Waals surface area contributed by atoms with E-state index in [0.717, 1.165) is 33.8 Å². The van der Waals surface area contributed by atoms with E-state index in [1.165, 1.54) is 10.4 Å². The highest BCUT2D eigenvalue weighted by molar-refractivity contribution is 9.10. The zero-order chi connectivity index (χ0) is 15.4.